The van der Waals surface area contributed by atoms with E-state index in [0.717, 1.165) is 6.26 Å². The Kier molecular flexibility index (Phi) is 5.59. The molecule has 1 N–H and O–H groups in total. The number of para-hydroxylation sites is 2. The lowest BCUT2D eigenvalue weighted by Gasteiger charge is -2.20. The average Bonchev–Trinajstić information content (AvgIpc) is 2.87. The Labute approximate surface area is 167 Å². The van der Waals surface area contributed by atoms with Gasteiger partial charge in [0.15, 0.2) is 6.10 Å². The van der Waals surface area contributed by atoms with E-state index in [1.807, 2.05) is 0 Å². The highest BCUT2D eigenvalue weighted by molar-refractivity contribution is 7.92. The van der Waals surface area contributed by atoms with E-state index in [-0.39, 0.29) is 35.8 Å². The lowest BCUT2D eigenvalue weighted by Crippen LogP contribution is -2.36. The standard InChI is InChI=1S/C18H19N3O7S/c1-27-15-8-7-12(21(23)24)11-13(15)19-18(22)17-9-10-20(29(2,25)26)14-5-3-4-6-16(14)28-17/h3-8,11,17H,9-10H2,1-2H3,(H,19,22). The van der Waals surface area contributed by atoms with Crippen molar-refractivity contribution in [3.05, 3.63) is 52.6 Å². The van der Waals surface area contributed by atoms with E-state index in [4.69, 9.17) is 9.47 Å². The molecule has 0 spiro atoms. The fourth-order valence-corrected chi connectivity index (χ4v) is 3.92. The molecule has 154 valence electrons. The van der Waals surface area contributed by atoms with Crippen LogP contribution in [0.3, 0.4) is 0 Å². The lowest BCUT2D eigenvalue weighted by atomic mass is 10.2. The lowest BCUT2D eigenvalue weighted by molar-refractivity contribution is -0.384. The molecule has 10 nitrogen and oxygen atoms in total. The number of methoxy groups -OCH3 is 1. The van der Waals surface area contributed by atoms with Gasteiger partial charge in [-0.15, -0.1) is 0 Å². The van der Waals surface area contributed by atoms with Crippen molar-refractivity contribution in [1.82, 2.24) is 0 Å². The molecule has 2 aromatic rings. The first-order valence-corrected chi connectivity index (χ1v) is 10.4. The Morgan fingerprint density at radius 3 is 2.69 bits per heavy atom. The highest BCUT2D eigenvalue weighted by Crippen LogP contribution is 2.35. The van der Waals surface area contributed by atoms with Crippen molar-refractivity contribution in [2.45, 2.75) is 12.5 Å². The summed E-state index contributed by atoms with van der Waals surface area (Å²) in [7, 11) is -2.20. The Morgan fingerprint density at radius 1 is 1.31 bits per heavy atom. The second-order valence-corrected chi connectivity index (χ2v) is 8.24. The first kappa shape index (κ1) is 20.4. The molecule has 0 fully saturated rings. The summed E-state index contributed by atoms with van der Waals surface area (Å²) in [6, 6.07) is 10.3. The summed E-state index contributed by atoms with van der Waals surface area (Å²) in [6.07, 6.45) is 0.162. The molecule has 0 bridgehead atoms. The van der Waals surface area contributed by atoms with Crippen LogP contribution in [-0.4, -0.2) is 45.3 Å². The first-order valence-electron chi connectivity index (χ1n) is 8.57. The third-order valence-corrected chi connectivity index (χ3v) is 5.52. The van der Waals surface area contributed by atoms with Crippen molar-refractivity contribution in [3.63, 3.8) is 0 Å². The smallest absolute Gasteiger partial charge is 0.271 e. The van der Waals surface area contributed by atoms with Crippen LogP contribution in [0.25, 0.3) is 0 Å². The van der Waals surface area contributed by atoms with Crippen LogP contribution in [0.5, 0.6) is 11.5 Å². The number of nitro benzene ring substituents is 1. The van der Waals surface area contributed by atoms with E-state index >= 15 is 0 Å². The summed E-state index contributed by atoms with van der Waals surface area (Å²) < 4.78 is 36.4. The summed E-state index contributed by atoms with van der Waals surface area (Å²) >= 11 is 0. The minimum Gasteiger partial charge on any atom is -0.495 e. The zero-order valence-electron chi connectivity index (χ0n) is 15.7. The van der Waals surface area contributed by atoms with E-state index in [1.54, 1.807) is 24.3 Å². The second-order valence-electron chi connectivity index (χ2n) is 6.33. The minimum absolute atomic E-state index is 0.0417. The van der Waals surface area contributed by atoms with Crippen molar-refractivity contribution in [2.75, 3.05) is 29.5 Å². The molecule has 0 radical (unpaired) electrons. The number of nitrogens with one attached hydrogen (secondary N) is 1. The monoisotopic (exact) mass is 421 g/mol. The van der Waals surface area contributed by atoms with Crippen molar-refractivity contribution < 1.29 is 27.6 Å². The normalized spacial score (nSPS) is 16.2. The zero-order chi connectivity index (χ0) is 21.2. The number of non-ortho nitro benzene ring substituents is 1. The average molecular weight is 421 g/mol. The van der Waals surface area contributed by atoms with E-state index < -0.39 is 27.0 Å². The largest absolute Gasteiger partial charge is 0.495 e. The number of carbonyl (C=O) groups excluding carboxylic acids is 1. The molecule has 0 aromatic heterocycles. The van der Waals surface area contributed by atoms with Crippen molar-refractivity contribution in [1.29, 1.82) is 0 Å². The molecule has 1 aliphatic rings. The molecule has 1 atom stereocenters. The summed E-state index contributed by atoms with van der Waals surface area (Å²) in [5, 5.41) is 13.6. The number of benzene rings is 2. The molecular formula is C18H19N3O7S. The molecule has 2 aromatic carbocycles. The van der Waals surface area contributed by atoms with Gasteiger partial charge in [-0.3, -0.25) is 19.2 Å². The number of hydrogen-bond acceptors (Lipinski definition) is 7. The SMILES string of the molecule is COc1ccc([N+](=O)[O-])cc1NC(=O)C1CCN(S(C)(=O)=O)c2ccccc2O1. The van der Waals surface area contributed by atoms with Gasteiger partial charge in [0, 0.05) is 25.1 Å². The first-order chi connectivity index (χ1) is 13.7. The Bertz CT molecular complexity index is 1060. The molecule has 0 saturated heterocycles. The Hall–Kier alpha value is -3.34. The van der Waals surface area contributed by atoms with Gasteiger partial charge in [-0.05, 0) is 18.2 Å². The van der Waals surface area contributed by atoms with Crippen LogP contribution in [0.4, 0.5) is 17.1 Å². The highest BCUT2D eigenvalue weighted by atomic mass is 32.2. The molecule has 3 rings (SSSR count). The van der Waals surface area contributed by atoms with Gasteiger partial charge in [-0.2, -0.15) is 0 Å². The fraction of sp³-hybridized carbons (Fsp3) is 0.278. The topological polar surface area (TPSA) is 128 Å². The number of fused-ring (bicyclic) bond motifs is 1. The maximum absolute atomic E-state index is 12.8. The highest BCUT2D eigenvalue weighted by Gasteiger charge is 2.31. The van der Waals surface area contributed by atoms with Crippen LogP contribution in [0, 0.1) is 10.1 Å². The van der Waals surface area contributed by atoms with Gasteiger partial charge in [0.1, 0.15) is 11.5 Å². The number of anilines is 2. The van der Waals surface area contributed by atoms with Gasteiger partial charge in [0.2, 0.25) is 10.0 Å². The van der Waals surface area contributed by atoms with Gasteiger partial charge in [0.25, 0.3) is 11.6 Å². The second kappa shape index (κ2) is 7.95. The van der Waals surface area contributed by atoms with Gasteiger partial charge in [-0.25, -0.2) is 8.42 Å². The maximum Gasteiger partial charge on any atom is 0.271 e. The fourth-order valence-electron chi connectivity index (χ4n) is 2.98. The van der Waals surface area contributed by atoms with Gasteiger partial charge in [0.05, 0.1) is 29.7 Å². The number of amides is 1. The number of ether oxygens (including phenoxy) is 2. The molecular weight excluding hydrogens is 402 g/mol. The maximum atomic E-state index is 12.8. The molecule has 1 heterocycles. The van der Waals surface area contributed by atoms with Crippen LogP contribution < -0.4 is 19.1 Å². The molecule has 1 aliphatic heterocycles. The van der Waals surface area contributed by atoms with Crippen LogP contribution >= 0.6 is 0 Å². The number of carbonyl (C=O) groups is 1. The summed E-state index contributed by atoms with van der Waals surface area (Å²) in [5.41, 5.74) is 0.252. The van der Waals surface area contributed by atoms with E-state index in [9.17, 15) is 23.3 Å². The predicted molar refractivity (Wildman–Crippen MR) is 106 cm³/mol. The third-order valence-electron chi connectivity index (χ3n) is 4.34. The van der Waals surface area contributed by atoms with Crippen molar-refractivity contribution in [2.24, 2.45) is 0 Å². The summed E-state index contributed by atoms with van der Waals surface area (Å²) in [4.78, 5) is 23.2. The van der Waals surface area contributed by atoms with E-state index in [2.05, 4.69) is 5.32 Å². The third kappa shape index (κ3) is 4.40. The molecule has 29 heavy (non-hydrogen) atoms. The number of sulfonamides is 1. The van der Waals surface area contributed by atoms with Gasteiger partial charge in [-0.1, -0.05) is 12.1 Å². The van der Waals surface area contributed by atoms with E-state index in [0.29, 0.717) is 5.69 Å². The van der Waals surface area contributed by atoms with Gasteiger partial charge < -0.3 is 14.8 Å². The Balaban J connectivity index is 1.88. The quantitative estimate of drug-likeness (QED) is 0.579. The number of rotatable bonds is 5. The predicted octanol–water partition coefficient (Wildman–Crippen LogP) is 2.16. The van der Waals surface area contributed by atoms with Crippen LogP contribution in [0.1, 0.15) is 6.42 Å². The number of nitrogens with zero attached hydrogens (tertiary/aromatic N) is 2. The summed E-state index contributed by atoms with van der Waals surface area (Å²) in [5.74, 6) is -0.0775. The van der Waals surface area contributed by atoms with Crippen LogP contribution in [0.15, 0.2) is 42.5 Å². The molecule has 0 aliphatic carbocycles. The van der Waals surface area contributed by atoms with Crippen molar-refractivity contribution in [3.8, 4) is 11.5 Å². The van der Waals surface area contributed by atoms with Gasteiger partial charge >= 0.3 is 0 Å². The molecule has 1 amide bonds. The van der Waals surface area contributed by atoms with Crippen molar-refractivity contribution >= 4 is 33.0 Å². The number of nitro groups is 1. The molecule has 1 unspecified atom stereocenters. The molecule has 0 saturated carbocycles. The minimum atomic E-state index is -3.57. The summed E-state index contributed by atoms with van der Waals surface area (Å²) in [6.45, 7) is 0.0417. The zero-order valence-corrected chi connectivity index (χ0v) is 16.5. The Morgan fingerprint density at radius 2 is 2.03 bits per heavy atom. The van der Waals surface area contributed by atoms with Crippen LogP contribution in [0.2, 0.25) is 0 Å². The molecule has 11 heteroatoms. The number of hydrogen-bond donors (Lipinski definition) is 1. The van der Waals surface area contributed by atoms with E-state index in [1.165, 1.54) is 29.6 Å². The van der Waals surface area contributed by atoms with Crippen LogP contribution in [-0.2, 0) is 14.8 Å².